The number of halogens is 2. The number of thioether (sulfide) groups is 1. The fraction of sp³-hybridized carbons (Fsp3) is 0.316. The molecule has 2 aliphatic rings. The topological polar surface area (TPSA) is 66.1 Å². The van der Waals surface area contributed by atoms with Crippen molar-refractivity contribution in [2.75, 3.05) is 6.54 Å². The van der Waals surface area contributed by atoms with E-state index in [1.54, 1.807) is 6.33 Å². The SMILES string of the molecule is O=C1SC(=C2CCC(F)(F)CC2)C(=O)N1CC#Cc1ccc2nc[nH]c2c1. The van der Waals surface area contributed by atoms with Gasteiger partial charge in [0, 0.05) is 18.4 Å². The first-order valence-corrected chi connectivity index (χ1v) is 9.30. The molecule has 5 nitrogen and oxygen atoms in total. The van der Waals surface area contributed by atoms with E-state index in [9.17, 15) is 18.4 Å². The predicted octanol–water partition coefficient (Wildman–Crippen LogP) is 4.07. The molecule has 0 bridgehead atoms. The first-order chi connectivity index (χ1) is 12.9. The molecule has 0 spiro atoms. The van der Waals surface area contributed by atoms with Gasteiger partial charge in [-0.15, -0.1) is 0 Å². The van der Waals surface area contributed by atoms with Crippen molar-refractivity contribution in [1.29, 1.82) is 0 Å². The third kappa shape index (κ3) is 3.60. The van der Waals surface area contributed by atoms with Crippen LogP contribution in [-0.4, -0.2) is 38.5 Å². The highest BCUT2D eigenvalue weighted by molar-refractivity contribution is 8.18. The molecule has 138 valence electrons. The standard InChI is InChI=1S/C19H15F2N3O2S/c20-19(21)7-5-13(6-8-19)16-17(25)24(18(26)27-16)9-1-2-12-3-4-14-15(10-12)23-11-22-14/h3-4,10-11H,5-9H2,(H,22,23). The van der Waals surface area contributed by atoms with Crippen LogP contribution in [0.4, 0.5) is 13.6 Å². The predicted molar refractivity (Wildman–Crippen MR) is 98.1 cm³/mol. The van der Waals surface area contributed by atoms with Gasteiger partial charge in [0.25, 0.3) is 11.1 Å². The lowest BCUT2D eigenvalue weighted by Gasteiger charge is -2.24. The lowest BCUT2D eigenvalue weighted by molar-refractivity contribution is -0.122. The van der Waals surface area contributed by atoms with Crippen LogP contribution in [-0.2, 0) is 4.79 Å². The molecule has 8 heteroatoms. The van der Waals surface area contributed by atoms with E-state index < -0.39 is 17.1 Å². The molecule has 2 aromatic rings. The van der Waals surface area contributed by atoms with Crippen molar-refractivity contribution < 1.29 is 18.4 Å². The number of allylic oxidation sites excluding steroid dienone is 1. The van der Waals surface area contributed by atoms with Gasteiger partial charge in [-0.1, -0.05) is 17.4 Å². The van der Waals surface area contributed by atoms with Crippen LogP contribution >= 0.6 is 11.8 Å². The zero-order chi connectivity index (χ0) is 19.0. The van der Waals surface area contributed by atoms with Crippen LogP contribution in [0.2, 0.25) is 0 Å². The van der Waals surface area contributed by atoms with E-state index in [-0.39, 0.29) is 32.2 Å². The summed E-state index contributed by atoms with van der Waals surface area (Å²) < 4.78 is 26.6. The van der Waals surface area contributed by atoms with Gasteiger partial charge in [0.1, 0.15) is 0 Å². The number of alkyl halides is 2. The van der Waals surface area contributed by atoms with E-state index in [4.69, 9.17) is 0 Å². The zero-order valence-electron chi connectivity index (χ0n) is 14.2. The summed E-state index contributed by atoms with van der Waals surface area (Å²) >= 11 is 0.829. The molecule has 2 heterocycles. The van der Waals surface area contributed by atoms with E-state index in [1.165, 1.54) is 0 Å². The Morgan fingerprint density at radius 3 is 2.81 bits per heavy atom. The van der Waals surface area contributed by atoms with Gasteiger partial charge in [-0.2, -0.15) is 0 Å². The van der Waals surface area contributed by atoms with Gasteiger partial charge < -0.3 is 4.98 Å². The van der Waals surface area contributed by atoms with Crippen molar-refractivity contribution in [3.05, 3.63) is 40.6 Å². The van der Waals surface area contributed by atoms with Crippen molar-refractivity contribution in [2.24, 2.45) is 0 Å². The summed E-state index contributed by atoms with van der Waals surface area (Å²) in [6, 6.07) is 5.49. The normalized spacial score (nSPS) is 19.6. The van der Waals surface area contributed by atoms with Crippen molar-refractivity contribution >= 4 is 33.9 Å². The second-order valence-electron chi connectivity index (χ2n) is 6.48. The number of fused-ring (bicyclic) bond motifs is 1. The summed E-state index contributed by atoms with van der Waals surface area (Å²) in [5.41, 5.74) is 3.08. The maximum Gasteiger partial charge on any atom is 0.294 e. The second kappa shape index (κ2) is 6.82. The number of aromatic nitrogens is 2. The average Bonchev–Trinajstić information content (AvgIpc) is 3.21. The molecule has 2 fully saturated rings. The first kappa shape index (κ1) is 17.7. The summed E-state index contributed by atoms with van der Waals surface area (Å²) in [5.74, 6) is 2.67. The lowest BCUT2D eigenvalue weighted by atomic mass is 9.91. The number of imide groups is 1. The van der Waals surface area contributed by atoms with Crippen LogP contribution in [0.1, 0.15) is 31.2 Å². The summed E-state index contributed by atoms with van der Waals surface area (Å²) in [6.07, 6.45) is 1.35. The molecule has 0 radical (unpaired) electrons. The molecule has 0 unspecified atom stereocenters. The van der Waals surface area contributed by atoms with Crippen molar-refractivity contribution in [3.8, 4) is 11.8 Å². The van der Waals surface area contributed by atoms with Crippen LogP contribution in [0.5, 0.6) is 0 Å². The largest absolute Gasteiger partial charge is 0.345 e. The number of nitrogens with zero attached hydrogens (tertiary/aromatic N) is 2. The fourth-order valence-corrected chi connectivity index (χ4v) is 4.11. The molecule has 27 heavy (non-hydrogen) atoms. The molecule has 1 N–H and O–H groups in total. The van der Waals surface area contributed by atoms with Gasteiger partial charge in [-0.3, -0.25) is 14.5 Å². The smallest absolute Gasteiger partial charge is 0.294 e. The quantitative estimate of drug-likeness (QED) is 0.592. The summed E-state index contributed by atoms with van der Waals surface area (Å²) in [5, 5.41) is -0.404. The molecule has 1 saturated heterocycles. The maximum atomic E-state index is 13.3. The second-order valence-corrected chi connectivity index (χ2v) is 7.45. The Morgan fingerprint density at radius 1 is 1.26 bits per heavy atom. The number of imidazole rings is 1. The third-order valence-corrected chi connectivity index (χ3v) is 5.71. The molecule has 1 aromatic heterocycles. The Hall–Kier alpha value is -2.66. The Kier molecular flexibility index (Phi) is 4.48. The zero-order valence-corrected chi connectivity index (χ0v) is 15.0. The van der Waals surface area contributed by atoms with Crippen LogP contribution < -0.4 is 0 Å². The van der Waals surface area contributed by atoms with Crippen LogP contribution in [0, 0.1) is 11.8 Å². The van der Waals surface area contributed by atoms with Gasteiger partial charge >= 0.3 is 0 Å². The number of H-pyrrole nitrogens is 1. The van der Waals surface area contributed by atoms with E-state index in [0.29, 0.717) is 10.5 Å². The Balaban J connectivity index is 1.47. The minimum atomic E-state index is -2.68. The van der Waals surface area contributed by atoms with E-state index >= 15 is 0 Å². The summed E-state index contributed by atoms with van der Waals surface area (Å²) in [7, 11) is 0. The molecular weight excluding hydrogens is 372 g/mol. The number of nitrogens with one attached hydrogen (secondary N) is 1. The minimum absolute atomic E-state index is 0.0291. The number of benzene rings is 1. The maximum absolute atomic E-state index is 13.3. The molecule has 0 atom stereocenters. The van der Waals surface area contributed by atoms with Crippen molar-refractivity contribution in [3.63, 3.8) is 0 Å². The van der Waals surface area contributed by atoms with Crippen LogP contribution in [0.25, 0.3) is 11.0 Å². The van der Waals surface area contributed by atoms with Crippen LogP contribution in [0.15, 0.2) is 35.0 Å². The Bertz CT molecular complexity index is 1020. The van der Waals surface area contributed by atoms with Gasteiger partial charge in [0.05, 0.1) is 28.8 Å². The van der Waals surface area contributed by atoms with E-state index in [0.717, 1.165) is 33.3 Å². The number of hydrogen-bond acceptors (Lipinski definition) is 4. The molecule has 1 saturated carbocycles. The fourth-order valence-electron chi connectivity index (χ4n) is 3.13. The van der Waals surface area contributed by atoms with Gasteiger partial charge in [0.2, 0.25) is 5.92 Å². The lowest BCUT2D eigenvalue weighted by Crippen LogP contribution is -2.29. The molecular formula is C19H15F2N3O2S. The highest BCUT2D eigenvalue weighted by atomic mass is 32.2. The molecule has 1 aromatic carbocycles. The summed E-state index contributed by atoms with van der Waals surface area (Å²) in [4.78, 5) is 33.2. The summed E-state index contributed by atoms with van der Waals surface area (Å²) in [6.45, 7) is -0.0291. The van der Waals surface area contributed by atoms with E-state index in [2.05, 4.69) is 21.8 Å². The van der Waals surface area contributed by atoms with Crippen LogP contribution in [0.3, 0.4) is 0 Å². The highest BCUT2D eigenvalue weighted by Gasteiger charge is 2.40. The van der Waals surface area contributed by atoms with Gasteiger partial charge in [-0.05, 0) is 42.8 Å². The van der Waals surface area contributed by atoms with E-state index in [1.807, 2.05) is 18.2 Å². The number of rotatable bonds is 1. The first-order valence-electron chi connectivity index (χ1n) is 8.48. The number of hydrogen-bond donors (Lipinski definition) is 1. The number of aromatic amines is 1. The third-order valence-electron chi connectivity index (χ3n) is 4.65. The monoisotopic (exact) mass is 387 g/mol. The van der Waals surface area contributed by atoms with Gasteiger partial charge in [0.15, 0.2) is 0 Å². The molecule has 4 rings (SSSR count). The molecule has 2 amide bonds. The van der Waals surface area contributed by atoms with Gasteiger partial charge in [-0.25, -0.2) is 13.8 Å². The van der Waals surface area contributed by atoms with Crippen molar-refractivity contribution in [1.82, 2.24) is 14.9 Å². The number of carbonyl (C=O) groups excluding carboxylic acids is 2. The Morgan fingerprint density at radius 2 is 2.04 bits per heavy atom. The molecule has 1 aliphatic carbocycles. The highest BCUT2D eigenvalue weighted by Crippen LogP contribution is 2.42. The van der Waals surface area contributed by atoms with Crippen molar-refractivity contribution in [2.45, 2.75) is 31.6 Å². The minimum Gasteiger partial charge on any atom is -0.345 e. The number of amides is 2. The number of carbonyl (C=O) groups is 2. The average molecular weight is 387 g/mol. The Labute approximate surface area is 158 Å². The molecule has 1 aliphatic heterocycles.